The van der Waals surface area contributed by atoms with Crippen LogP contribution < -0.4 is 4.90 Å². The summed E-state index contributed by atoms with van der Waals surface area (Å²) in [6, 6.07) is 10.4. The largest absolute Gasteiger partial charge is 0.355 e. The van der Waals surface area contributed by atoms with Gasteiger partial charge in [-0.15, -0.1) is 11.3 Å². The number of likely N-dealkylation sites (N-methyl/N-ethyl adjacent to an activating group) is 1. The van der Waals surface area contributed by atoms with Gasteiger partial charge in [0.25, 0.3) is 0 Å². The third-order valence-electron chi connectivity index (χ3n) is 4.44. The Morgan fingerprint density at radius 1 is 1.39 bits per heavy atom. The first-order valence-corrected chi connectivity index (χ1v) is 8.98. The van der Waals surface area contributed by atoms with Crippen LogP contribution in [0.1, 0.15) is 23.4 Å². The number of rotatable bonds is 4. The summed E-state index contributed by atoms with van der Waals surface area (Å²) >= 11 is 1.65. The molecule has 0 saturated carbocycles. The number of hydrogen-bond acceptors (Lipinski definition) is 4. The minimum Gasteiger partial charge on any atom is -0.355 e. The highest BCUT2D eigenvalue weighted by atomic mass is 32.1. The molecule has 0 bridgehead atoms. The second-order valence-electron chi connectivity index (χ2n) is 6.14. The number of anilines is 1. The van der Waals surface area contributed by atoms with Crippen LogP contribution in [0.15, 0.2) is 35.7 Å². The molecule has 0 aliphatic carbocycles. The molecule has 1 amide bonds. The Labute approximate surface area is 141 Å². The zero-order valence-electron chi connectivity index (χ0n) is 13.7. The number of piperidine rings is 1. The maximum absolute atomic E-state index is 12.5. The van der Waals surface area contributed by atoms with Gasteiger partial charge in [0.2, 0.25) is 5.91 Å². The van der Waals surface area contributed by atoms with E-state index in [4.69, 9.17) is 0 Å². The lowest BCUT2D eigenvalue weighted by Gasteiger charge is -2.38. The third kappa shape index (κ3) is 3.91. The summed E-state index contributed by atoms with van der Waals surface area (Å²) < 4.78 is 0. The lowest BCUT2D eigenvalue weighted by Crippen LogP contribution is -2.49. The molecule has 1 saturated heterocycles. The molecule has 5 heteroatoms. The van der Waals surface area contributed by atoms with Crippen molar-refractivity contribution in [3.05, 3.63) is 46.3 Å². The van der Waals surface area contributed by atoms with Crippen molar-refractivity contribution in [1.29, 1.82) is 0 Å². The van der Waals surface area contributed by atoms with E-state index in [1.165, 1.54) is 0 Å². The SMILES string of the molecule is Cc1cccc(N2CCCC(N(C)C(=O)Cc3cccs3)C2)n1. The highest BCUT2D eigenvalue weighted by molar-refractivity contribution is 7.10. The molecule has 23 heavy (non-hydrogen) atoms. The quantitative estimate of drug-likeness (QED) is 0.865. The molecule has 2 aromatic rings. The molecule has 4 nitrogen and oxygen atoms in total. The summed E-state index contributed by atoms with van der Waals surface area (Å²) in [5, 5.41) is 2.02. The summed E-state index contributed by atoms with van der Waals surface area (Å²) in [5.41, 5.74) is 1.03. The first-order valence-electron chi connectivity index (χ1n) is 8.10. The summed E-state index contributed by atoms with van der Waals surface area (Å²) in [6.45, 7) is 3.89. The van der Waals surface area contributed by atoms with Gasteiger partial charge in [0.05, 0.1) is 6.42 Å². The maximum atomic E-state index is 12.5. The van der Waals surface area contributed by atoms with Crippen molar-refractivity contribution in [3.63, 3.8) is 0 Å². The molecule has 1 atom stereocenters. The molecule has 3 rings (SSSR count). The van der Waals surface area contributed by atoms with Crippen LogP contribution in [-0.4, -0.2) is 42.0 Å². The van der Waals surface area contributed by atoms with Crippen molar-refractivity contribution in [2.75, 3.05) is 25.0 Å². The van der Waals surface area contributed by atoms with Gasteiger partial charge in [-0.3, -0.25) is 4.79 Å². The molecule has 1 aliphatic rings. The fourth-order valence-electron chi connectivity index (χ4n) is 3.07. The Bertz CT molecular complexity index is 656. The van der Waals surface area contributed by atoms with E-state index in [1.807, 2.05) is 48.5 Å². The number of aromatic nitrogens is 1. The van der Waals surface area contributed by atoms with Gasteiger partial charge >= 0.3 is 0 Å². The highest BCUT2D eigenvalue weighted by Gasteiger charge is 2.26. The zero-order chi connectivity index (χ0) is 16.2. The first kappa shape index (κ1) is 16.0. The second kappa shape index (κ2) is 7.13. The van der Waals surface area contributed by atoms with Crippen molar-refractivity contribution in [3.8, 4) is 0 Å². The number of hydrogen-bond donors (Lipinski definition) is 0. The van der Waals surface area contributed by atoms with Gasteiger partial charge in [0.1, 0.15) is 5.82 Å². The molecule has 0 aromatic carbocycles. The maximum Gasteiger partial charge on any atom is 0.227 e. The third-order valence-corrected chi connectivity index (χ3v) is 5.32. The molecular formula is C18H23N3OS. The summed E-state index contributed by atoms with van der Waals surface area (Å²) in [5.74, 6) is 1.23. The van der Waals surface area contributed by atoms with E-state index in [-0.39, 0.29) is 11.9 Å². The van der Waals surface area contributed by atoms with E-state index in [0.717, 1.165) is 42.3 Å². The number of amides is 1. The average Bonchev–Trinajstić information content (AvgIpc) is 3.07. The Hall–Kier alpha value is -1.88. The van der Waals surface area contributed by atoms with Gasteiger partial charge in [-0.1, -0.05) is 12.1 Å². The van der Waals surface area contributed by atoms with Crippen molar-refractivity contribution in [1.82, 2.24) is 9.88 Å². The van der Waals surface area contributed by atoms with Gasteiger partial charge < -0.3 is 9.80 Å². The Morgan fingerprint density at radius 3 is 3.00 bits per heavy atom. The number of carbonyl (C=O) groups is 1. The van der Waals surface area contributed by atoms with Crippen molar-refractivity contribution in [2.45, 2.75) is 32.2 Å². The van der Waals surface area contributed by atoms with Crippen LogP contribution in [0.3, 0.4) is 0 Å². The number of aryl methyl sites for hydroxylation is 1. The highest BCUT2D eigenvalue weighted by Crippen LogP contribution is 2.21. The molecule has 0 radical (unpaired) electrons. The normalized spacial score (nSPS) is 18.0. The minimum absolute atomic E-state index is 0.205. The summed E-state index contributed by atoms with van der Waals surface area (Å²) in [4.78, 5) is 22.5. The predicted octanol–water partition coefficient (Wildman–Crippen LogP) is 3.12. The Morgan fingerprint density at radius 2 is 2.26 bits per heavy atom. The van der Waals surface area contributed by atoms with Crippen molar-refractivity contribution in [2.24, 2.45) is 0 Å². The topological polar surface area (TPSA) is 36.4 Å². The average molecular weight is 329 g/mol. The minimum atomic E-state index is 0.205. The molecule has 2 aromatic heterocycles. The van der Waals surface area contributed by atoms with Gasteiger partial charge in [-0.05, 0) is 43.3 Å². The van der Waals surface area contributed by atoms with Crippen molar-refractivity contribution < 1.29 is 4.79 Å². The standard InChI is InChI=1S/C18H23N3OS/c1-14-6-3-9-17(19-14)21-10-4-7-15(13-21)20(2)18(22)12-16-8-5-11-23-16/h3,5-6,8-9,11,15H,4,7,10,12-13H2,1-2H3. The Balaban J connectivity index is 1.64. The molecule has 1 fully saturated rings. The molecular weight excluding hydrogens is 306 g/mol. The Kier molecular flexibility index (Phi) is 4.96. The van der Waals surface area contributed by atoms with E-state index in [2.05, 4.69) is 16.0 Å². The number of pyridine rings is 1. The van der Waals surface area contributed by atoms with E-state index >= 15 is 0 Å². The zero-order valence-corrected chi connectivity index (χ0v) is 14.6. The molecule has 0 N–H and O–H groups in total. The van der Waals surface area contributed by atoms with E-state index in [1.54, 1.807) is 11.3 Å². The van der Waals surface area contributed by atoms with Crippen LogP contribution in [0.2, 0.25) is 0 Å². The molecule has 3 heterocycles. The van der Waals surface area contributed by atoms with Gasteiger partial charge in [-0.2, -0.15) is 0 Å². The van der Waals surface area contributed by atoms with Gasteiger partial charge in [0.15, 0.2) is 0 Å². The fraction of sp³-hybridized carbons (Fsp3) is 0.444. The first-order chi connectivity index (χ1) is 11.1. The van der Waals surface area contributed by atoms with Crippen LogP contribution in [0.5, 0.6) is 0 Å². The molecule has 1 aliphatic heterocycles. The van der Waals surface area contributed by atoms with Crippen LogP contribution in [0.25, 0.3) is 0 Å². The second-order valence-corrected chi connectivity index (χ2v) is 7.17. The van der Waals surface area contributed by atoms with Crippen molar-refractivity contribution >= 4 is 23.1 Å². The monoisotopic (exact) mass is 329 g/mol. The van der Waals surface area contributed by atoms with Crippen LogP contribution in [-0.2, 0) is 11.2 Å². The molecule has 1 unspecified atom stereocenters. The van der Waals surface area contributed by atoms with Crippen LogP contribution in [0.4, 0.5) is 5.82 Å². The van der Waals surface area contributed by atoms with Gasteiger partial charge in [0, 0.05) is 36.8 Å². The predicted molar refractivity (Wildman–Crippen MR) is 95.0 cm³/mol. The molecule has 0 spiro atoms. The summed E-state index contributed by atoms with van der Waals surface area (Å²) in [6.07, 6.45) is 2.67. The van der Waals surface area contributed by atoms with E-state index in [9.17, 15) is 4.79 Å². The fourth-order valence-corrected chi connectivity index (χ4v) is 3.77. The van der Waals surface area contributed by atoms with E-state index in [0.29, 0.717) is 6.42 Å². The van der Waals surface area contributed by atoms with E-state index < -0.39 is 0 Å². The van der Waals surface area contributed by atoms with Crippen LogP contribution >= 0.6 is 11.3 Å². The lowest BCUT2D eigenvalue weighted by molar-refractivity contribution is -0.131. The summed E-state index contributed by atoms with van der Waals surface area (Å²) in [7, 11) is 1.94. The molecule has 122 valence electrons. The number of thiophene rings is 1. The number of carbonyl (C=O) groups excluding carboxylic acids is 1. The number of nitrogens with zero attached hydrogens (tertiary/aromatic N) is 3. The van der Waals surface area contributed by atoms with Gasteiger partial charge in [-0.25, -0.2) is 4.98 Å². The smallest absolute Gasteiger partial charge is 0.227 e. The van der Waals surface area contributed by atoms with Crippen LogP contribution in [0, 0.1) is 6.92 Å². The lowest BCUT2D eigenvalue weighted by atomic mass is 10.0.